The molecule has 0 unspecified atom stereocenters. The van der Waals surface area contributed by atoms with E-state index in [4.69, 9.17) is 16.3 Å². The summed E-state index contributed by atoms with van der Waals surface area (Å²) in [4.78, 5) is 3.93. The van der Waals surface area contributed by atoms with Gasteiger partial charge in [-0.1, -0.05) is 17.7 Å². The first-order valence-electron chi connectivity index (χ1n) is 6.49. The Morgan fingerprint density at radius 3 is 2.68 bits per heavy atom. The molecule has 116 valence electrons. The second kappa shape index (κ2) is 5.83. The quantitative estimate of drug-likeness (QED) is 0.855. The number of hydrogen-bond donors (Lipinski definition) is 0. The van der Waals surface area contributed by atoms with Crippen molar-refractivity contribution in [1.29, 1.82) is 0 Å². The molecule has 5 nitrogen and oxygen atoms in total. The van der Waals surface area contributed by atoms with Crippen LogP contribution in [0.3, 0.4) is 0 Å². The summed E-state index contributed by atoms with van der Waals surface area (Å²) in [7, 11) is -3.68. The van der Waals surface area contributed by atoms with Gasteiger partial charge in [0.2, 0.25) is 15.9 Å². The van der Waals surface area contributed by atoms with Gasteiger partial charge in [0.1, 0.15) is 11.9 Å². The molecule has 2 heterocycles. The van der Waals surface area contributed by atoms with Gasteiger partial charge >= 0.3 is 0 Å². The van der Waals surface area contributed by atoms with Gasteiger partial charge in [-0.3, -0.25) is 0 Å². The van der Waals surface area contributed by atoms with Crippen LogP contribution < -0.4 is 4.74 Å². The fourth-order valence-corrected chi connectivity index (χ4v) is 3.70. The molecule has 1 aromatic carbocycles. The lowest BCUT2D eigenvalue weighted by molar-refractivity contribution is 0.0721. The molecule has 2 aromatic rings. The minimum atomic E-state index is -3.68. The maximum atomic E-state index is 13.2. The van der Waals surface area contributed by atoms with Crippen molar-refractivity contribution in [3.05, 3.63) is 53.4 Å². The zero-order chi connectivity index (χ0) is 15.7. The van der Waals surface area contributed by atoms with Gasteiger partial charge < -0.3 is 4.74 Å². The van der Waals surface area contributed by atoms with Crippen LogP contribution in [0.2, 0.25) is 5.02 Å². The van der Waals surface area contributed by atoms with E-state index in [2.05, 4.69) is 4.98 Å². The number of sulfonamides is 1. The van der Waals surface area contributed by atoms with Crippen LogP contribution in [0.25, 0.3) is 0 Å². The van der Waals surface area contributed by atoms with Crippen LogP contribution in [0.4, 0.5) is 4.39 Å². The van der Waals surface area contributed by atoms with E-state index in [-0.39, 0.29) is 24.1 Å². The minimum Gasteiger partial charge on any atom is -0.472 e. The van der Waals surface area contributed by atoms with Gasteiger partial charge in [0.25, 0.3) is 0 Å². The Hall–Kier alpha value is -1.70. The van der Waals surface area contributed by atoms with Crippen molar-refractivity contribution in [2.75, 3.05) is 13.1 Å². The number of aromatic nitrogens is 1. The average molecular weight is 343 g/mol. The summed E-state index contributed by atoms with van der Waals surface area (Å²) in [6.45, 7) is 0.395. The van der Waals surface area contributed by atoms with Gasteiger partial charge in [0, 0.05) is 12.3 Å². The monoisotopic (exact) mass is 342 g/mol. The Kier molecular flexibility index (Phi) is 4.03. The molecule has 0 saturated carbocycles. The van der Waals surface area contributed by atoms with Gasteiger partial charge in [-0.25, -0.2) is 17.8 Å². The summed E-state index contributed by atoms with van der Waals surface area (Å²) in [5, 5.41) is 0.497. The van der Waals surface area contributed by atoms with Crippen LogP contribution in [-0.4, -0.2) is 36.9 Å². The van der Waals surface area contributed by atoms with E-state index in [1.54, 1.807) is 12.1 Å². The summed E-state index contributed by atoms with van der Waals surface area (Å²) in [5.41, 5.74) is 0. The third-order valence-corrected chi connectivity index (χ3v) is 5.29. The number of ether oxygens (including phenoxy) is 1. The SMILES string of the molecule is O=S(=O)(c1cccc(F)c1)N1CC(Oc2ccc(Cl)cn2)C1. The molecular formula is C14H12ClFN2O3S. The van der Waals surface area contributed by atoms with E-state index in [1.807, 2.05) is 0 Å². The molecule has 0 bridgehead atoms. The molecule has 0 N–H and O–H groups in total. The Morgan fingerprint density at radius 2 is 2.05 bits per heavy atom. The maximum absolute atomic E-state index is 13.2. The fraction of sp³-hybridized carbons (Fsp3) is 0.214. The number of hydrogen-bond acceptors (Lipinski definition) is 4. The molecule has 1 fully saturated rings. The fourth-order valence-electron chi connectivity index (χ4n) is 2.05. The second-order valence-electron chi connectivity index (χ2n) is 4.83. The molecule has 3 rings (SSSR count). The van der Waals surface area contributed by atoms with Crippen molar-refractivity contribution < 1.29 is 17.5 Å². The van der Waals surface area contributed by atoms with Crippen LogP contribution in [0.5, 0.6) is 5.88 Å². The van der Waals surface area contributed by atoms with Crippen LogP contribution >= 0.6 is 11.6 Å². The highest BCUT2D eigenvalue weighted by Gasteiger charge is 2.38. The highest BCUT2D eigenvalue weighted by molar-refractivity contribution is 7.89. The van der Waals surface area contributed by atoms with E-state index in [1.165, 1.54) is 28.7 Å². The molecule has 1 aromatic heterocycles. The summed E-state index contributed by atoms with van der Waals surface area (Å²) in [5.74, 6) is -0.197. The number of pyridine rings is 1. The van der Waals surface area contributed by atoms with Crippen LogP contribution in [-0.2, 0) is 10.0 Å². The lowest BCUT2D eigenvalue weighted by Gasteiger charge is -2.37. The van der Waals surface area contributed by atoms with Crippen molar-refractivity contribution in [2.24, 2.45) is 0 Å². The van der Waals surface area contributed by atoms with E-state index < -0.39 is 15.8 Å². The van der Waals surface area contributed by atoms with E-state index >= 15 is 0 Å². The van der Waals surface area contributed by atoms with E-state index in [9.17, 15) is 12.8 Å². The first kappa shape index (κ1) is 15.2. The van der Waals surface area contributed by atoms with Gasteiger partial charge in [0.05, 0.1) is 23.0 Å². The largest absolute Gasteiger partial charge is 0.472 e. The van der Waals surface area contributed by atoms with Crippen molar-refractivity contribution in [3.63, 3.8) is 0 Å². The highest BCUT2D eigenvalue weighted by atomic mass is 35.5. The van der Waals surface area contributed by atoms with Crippen molar-refractivity contribution >= 4 is 21.6 Å². The molecule has 0 aliphatic carbocycles. The van der Waals surface area contributed by atoms with Crippen molar-refractivity contribution in [3.8, 4) is 5.88 Å². The molecule has 0 amide bonds. The highest BCUT2D eigenvalue weighted by Crippen LogP contribution is 2.24. The Labute approximate surface area is 132 Å². The summed E-state index contributed by atoms with van der Waals surface area (Å²) in [6.07, 6.45) is 1.17. The molecule has 1 aliphatic heterocycles. The van der Waals surface area contributed by atoms with Gasteiger partial charge in [-0.2, -0.15) is 4.31 Å². The second-order valence-corrected chi connectivity index (χ2v) is 7.21. The molecular weight excluding hydrogens is 331 g/mol. The number of benzene rings is 1. The molecule has 1 saturated heterocycles. The summed E-state index contributed by atoms with van der Waals surface area (Å²) in [6, 6.07) is 8.20. The van der Waals surface area contributed by atoms with E-state index in [0.717, 1.165) is 6.07 Å². The molecule has 8 heteroatoms. The van der Waals surface area contributed by atoms with Gasteiger partial charge in [-0.15, -0.1) is 0 Å². The predicted molar refractivity (Wildman–Crippen MR) is 78.8 cm³/mol. The normalized spacial score (nSPS) is 16.3. The molecule has 0 atom stereocenters. The molecule has 1 aliphatic rings. The van der Waals surface area contributed by atoms with Crippen molar-refractivity contribution in [2.45, 2.75) is 11.0 Å². The standard InChI is InChI=1S/C14H12ClFN2O3S/c15-10-4-5-14(17-7-10)21-12-8-18(9-12)22(19,20)13-3-1-2-11(16)6-13/h1-7,12H,8-9H2. The predicted octanol–water partition coefficient (Wildman–Crippen LogP) is 2.33. The first-order valence-corrected chi connectivity index (χ1v) is 8.31. The number of nitrogens with zero attached hydrogens (tertiary/aromatic N) is 2. The molecule has 0 radical (unpaired) electrons. The Morgan fingerprint density at radius 1 is 1.27 bits per heavy atom. The Bertz CT molecular complexity index is 777. The number of rotatable bonds is 4. The lowest BCUT2D eigenvalue weighted by Crippen LogP contribution is -2.56. The van der Waals surface area contributed by atoms with Crippen LogP contribution in [0, 0.1) is 5.82 Å². The summed E-state index contributed by atoms with van der Waals surface area (Å²) < 4.78 is 44.5. The maximum Gasteiger partial charge on any atom is 0.243 e. The Balaban J connectivity index is 1.64. The third kappa shape index (κ3) is 3.06. The zero-order valence-electron chi connectivity index (χ0n) is 11.3. The first-order chi connectivity index (χ1) is 10.4. The smallest absolute Gasteiger partial charge is 0.243 e. The average Bonchev–Trinajstić information content (AvgIpc) is 2.44. The topological polar surface area (TPSA) is 59.5 Å². The lowest BCUT2D eigenvalue weighted by atomic mass is 10.2. The third-order valence-electron chi connectivity index (χ3n) is 3.24. The number of halogens is 2. The van der Waals surface area contributed by atoms with Crippen LogP contribution in [0.15, 0.2) is 47.5 Å². The van der Waals surface area contributed by atoms with Gasteiger partial charge in [-0.05, 0) is 24.3 Å². The van der Waals surface area contributed by atoms with E-state index in [0.29, 0.717) is 10.9 Å². The molecule has 0 spiro atoms. The molecule has 22 heavy (non-hydrogen) atoms. The minimum absolute atomic E-state index is 0.0597. The van der Waals surface area contributed by atoms with Gasteiger partial charge in [0.15, 0.2) is 0 Å². The summed E-state index contributed by atoms with van der Waals surface area (Å²) >= 11 is 5.72. The van der Waals surface area contributed by atoms with Crippen LogP contribution in [0.1, 0.15) is 0 Å². The zero-order valence-corrected chi connectivity index (χ0v) is 12.9. The van der Waals surface area contributed by atoms with Crippen molar-refractivity contribution in [1.82, 2.24) is 9.29 Å².